The zero-order chi connectivity index (χ0) is 20.1. The van der Waals surface area contributed by atoms with Gasteiger partial charge in [-0.3, -0.25) is 9.69 Å². The lowest BCUT2D eigenvalue weighted by molar-refractivity contribution is -0.133. The lowest BCUT2D eigenvalue weighted by Gasteiger charge is -2.34. The summed E-state index contributed by atoms with van der Waals surface area (Å²) in [6, 6.07) is 7.71. The van der Waals surface area contributed by atoms with Crippen molar-refractivity contribution in [3.8, 4) is 17.2 Å². The van der Waals surface area contributed by atoms with Crippen molar-refractivity contribution in [3.05, 3.63) is 36.2 Å². The number of amides is 1. The van der Waals surface area contributed by atoms with Crippen LogP contribution in [0.3, 0.4) is 0 Å². The number of rotatable bonds is 7. The maximum atomic E-state index is 12.5. The number of hydrogen-bond acceptors (Lipinski definition) is 5. The minimum absolute atomic E-state index is 0.333. The average molecular weight is 398 g/mol. The Bertz CT molecular complexity index is 788. The maximum Gasteiger partial charge on any atom is 0.226 e. The molecule has 6 heteroatoms. The third-order valence-corrected chi connectivity index (χ3v) is 6.24. The van der Waals surface area contributed by atoms with Crippen LogP contribution in [0.4, 0.5) is 0 Å². The van der Waals surface area contributed by atoms with Crippen molar-refractivity contribution in [3.63, 3.8) is 0 Å². The van der Waals surface area contributed by atoms with Gasteiger partial charge in [0.1, 0.15) is 12.0 Å². The Labute approximate surface area is 172 Å². The highest BCUT2D eigenvalue weighted by Crippen LogP contribution is 2.29. The zero-order valence-corrected chi connectivity index (χ0v) is 17.3. The molecule has 6 nitrogen and oxygen atoms in total. The fourth-order valence-electron chi connectivity index (χ4n) is 4.42. The molecule has 2 fully saturated rings. The summed E-state index contributed by atoms with van der Waals surface area (Å²) in [6.07, 6.45) is 8.86. The van der Waals surface area contributed by atoms with Crippen molar-refractivity contribution in [2.24, 2.45) is 5.92 Å². The molecule has 29 heavy (non-hydrogen) atoms. The number of hydrogen-bond donors (Lipinski definition) is 0. The normalized spacial score (nSPS) is 18.3. The molecule has 0 spiro atoms. The summed E-state index contributed by atoms with van der Waals surface area (Å²) in [7, 11) is 1.65. The van der Waals surface area contributed by atoms with Crippen LogP contribution >= 0.6 is 0 Å². The van der Waals surface area contributed by atoms with E-state index < -0.39 is 0 Å². The second-order valence-electron chi connectivity index (χ2n) is 8.22. The molecular weight excluding hydrogens is 366 g/mol. The fraction of sp³-hybridized carbons (Fsp3) is 0.565. The Morgan fingerprint density at radius 1 is 1.14 bits per heavy atom. The number of ether oxygens (including phenoxy) is 1. The lowest BCUT2D eigenvalue weighted by Crippen LogP contribution is -2.48. The molecule has 2 aromatic rings. The monoisotopic (exact) mass is 397 g/mol. The van der Waals surface area contributed by atoms with Crippen LogP contribution in [0.15, 0.2) is 34.9 Å². The molecule has 1 aliphatic heterocycles. The van der Waals surface area contributed by atoms with Gasteiger partial charge in [-0.1, -0.05) is 25.7 Å². The summed E-state index contributed by atoms with van der Waals surface area (Å²) >= 11 is 0. The van der Waals surface area contributed by atoms with Crippen molar-refractivity contribution < 1.29 is 13.9 Å². The van der Waals surface area contributed by atoms with E-state index in [9.17, 15) is 4.79 Å². The molecule has 0 atom stereocenters. The fourth-order valence-corrected chi connectivity index (χ4v) is 4.42. The van der Waals surface area contributed by atoms with Crippen LogP contribution in [0.2, 0.25) is 0 Å². The first kappa shape index (κ1) is 20.0. The first-order chi connectivity index (χ1) is 14.2. The molecule has 1 saturated carbocycles. The van der Waals surface area contributed by atoms with Crippen LogP contribution in [-0.4, -0.2) is 54.0 Å². The third kappa shape index (κ3) is 5.18. The Kier molecular flexibility index (Phi) is 6.49. The van der Waals surface area contributed by atoms with Crippen LogP contribution in [0.25, 0.3) is 11.5 Å². The van der Waals surface area contributed by atoms with E-state index in [1.807, 2.05) is 29.2 Å². The molecule has 0 bridgehead atoms. The van der Waals surface area contributed by atoms with Gasteiger partial charge < -0.3 is 14.1 Å². The number of oxazole rings is 1. The molecule has 1 saturated heterocycles. The van der Waals surface area contributed by atoms with E-state index in [0.29, 0.717) is 11.8 Å². The van der Waals surface area contributed by atoms with Gasteiger partial charge in [-0.05, 0) is 36.6 Å². The zero-order valence-electron chi connectivity index (χ0n) is 17.3. The van der Waals surface area contributed by atoms with Gasteiger partial charge in [-0.2, -0.15) is 0 Å². The summed E-state index contributed by atoms with van der Waals surface area (Å²) in [6.45, 7) is 4.16. The van der Waals surface area contributed by atoms with Gasteiger partial charge in [0, 0.05) is 44.7 Å². The molecule has 4 rings (SSSR count). The molecule has 0 N–H and O–H groups in total. The van der Waals surface area contributed by atoms with Crippen LogP contribution in [-0.2, 0) is 11.3 Å². The smallest absolute Gasteiger partial charge is 0.226 e. The molecule has 1 aromatic carbocycles. The predicted molar refractivity (Wildman–Crippen MR) is 112 cm³/mol. The lowest BCUT2D eigenvalue weighted by atomic mass is 10.0. The average Bonchev–Trinajstić information content (AvgIpc) is 3.45. The Morgan fingerprint density at radius 2 is 1.86 bits per heavy atom. The van der Waals surface area contributed by atoms with Crippen molar-refractivity contribution in [2.75, 3.05) is 33.3 Å². The molecule has 2 heterocycles. The van der Waals surface area contributed by atoms with E-state index >= 15 is 0 Å². The van der Waals surface area contributed by atoms with Gasteiger partial charge in [0.05, 0.1) is 12.8 Å². The van der Waals surface area contributed by atoms with Crippen LogP contribution in [0, 0.1) is 5.92 Å². The SMILES string of the molecule is COc1ccc(-c2nc(CN3CCN(C(=O)CCC4CCCC4)CC3)co2)cc1. The van der Waals surface area contributed by atoms with E-state index in [2.05, 4.69) is 9.88 Å². The third-order valence-electron chi connectivity index (χ3n) is 6.24. The second-order valence-corrected chi connectivity index (χ2v) is 8.22. The van der Waals surface area contributed by atoms with E-state index in [1.165, 1.54) is 25.7 Å². The second kappa shape index (κ2) is 9.44. The molecule has 1 aromatic heterocycles. The Balaban J connectivity index is 1.23. The number of piperazine rings is 1. The van der Waals surface area contributed by atoms with Crippen LogP contribution in [0.5, 0.6) is 5.75 Å². The summed E-state index contributed by atoms with van der Waals surface area (Å²) in [5.74, 6) is 2.56. The van der Waals surface area contributed by atoms with E-state index in [4.69, 9.17) is 9.15 Å². The summed E-state index contributed by atoms with van der Waals surface area (Å²) in [5, 5.41) is 0. The molecule has 2 aliphatic rings. The molecule has 1 aliphatic carbocycles. The number of carbonyl (C=O) groups excluding carboxylic acids is 1. The Hall–Kier alpha value is -2.34. The topological polar surface area (TPSA) is 58.8 Å². The van der Waals surface area contributed by atoms with Gasteiger partial charge in [-0.15, -0.1) is 0 Å². The van der Waals surface area contributed by atoms with Gasteiger partial charge in [-0.25, -0.2) is 4.98 Å². The maximum absolute atomic E-state index is 12.5. The molecule has 156 valence electrons. The first-order valence-corrected chi connectivity index (χ1v) is 10.8. The van der Waals surface area contributed by atoms with Crippen molar-refractivity contribution in [2.45, 2.75) is 45.1 Å². The van der Waals surface area contributed by atoms with Crippen molar-refractivity contribution in [1.82, 2.24) is 14.8 Å². The van der Waals surface area contributed by atoms with Crippen LogP contribution < -0.4 is 4.74 Å². The van der Waals surface area contributed by atoms with E-state index in [0.717, 1.165) is 68.5 Å². The number of carbonyl (C=O) groups is 1. The summed E-state index contributed by atoms with van der Waals surface area (Å²) in [4.78, 5) is 21.5. The highest BCUT2D eigenvalue weighted by molar-refractivity contribution is 5.76. The number of aromatic nitrogens is 1. The largest absolute Gasteiger partial charge is 0.497 e. The highest BCUT2D eigenvalue weighted by Gasteiger charge is 2.23. The van der Waals surface area contributed by atoms with Crippen molar-refractivity contribution >= 4 is 5.91 Å². The van der Waals surface area contributed by atoms with E-state index in [1.54, 1.807) is 13.4 Å². The van der Waals surface area contributed by atoms with Crippen molar-refractivity contribution in [1.29, 1.82) is 0 Å². The van der Waals surface area contributed by atoms with Gasteiger partial charge in [0.2, 0.25) is 11.8 Å². The Morgan fingerprint density at radius 3 is 2.55 bits per heavy atom. The minimum Gasteiger partial charge on any atom is -0.497 e. The molecule has 0 unspecified atom stereocenters. The number of benzene rings is 1. The van der Waals surface area contributed by atoms with E-state index in [-0.39, 0.29) is 0 Å². The predicted octanol–water partition coefficient (Wildman–Crippen LogP) is 3.96. The number of nitrogens with zero attached hydrogens (tertiary/aromatic N) is 3. The van der Waals surface area contributed by atoms with Gasteiger partial charge >= 0.3 is 0 Å². The summed E-state index contributed by atoms with van der Waals surface area (Å²) in [5.41, 5.74) is 1.87. The molecule has 0 radical (unpaired) electrons. The van der Waals surface area contributed by atoms with Crippen LogP contribution in [0.1, 0.15) is 44.2 Å². The summed E-state index contributed by atoms with van der Waals surface area (Å²) < 4.78 is 10.9. The quantitative estimate of drug-likeness (QED) is 0.708. The first-order valence-electron chi connectivity index (χ1n) is 10.8. The van der Waals surface area contributed by atoms with Gasteiger partial charge in [0.25, 0.3) is 0 Å². The molecular formula is C23H31N3O3. The van der Waals surface area contributed by atoms with Gasteiger partial charge in [0.15, 0.2) is 0 Å². The molecule has 1 amide bonds. The minimum atomic E-state index is 0.333. The highest BCUT2D eigenvalue weighted by atomic mass is 16.5. The number of methoxy groups -OCH3 is 1. The standard InChI is InChI=1S/C23H31N3O3/c1-28-21-9-7-19(8-10-21)23-24-20(17-29-23)16-25-12-14-26(15-13-25)22(27)11-6-18-4-2-3-5-18/h7-10,17-18H,2-6,11-16H2,1H3.